The second kappa shape index (κ2) is 8.91. The van der Waals surface area contributed by atoms with Gasteiger partial charge in [-0.3, -0.25) is 9.59 Å². The van der Waals surface area contributed by atoms with Crippen molar-refractivity contribution in [2.24, 2.45) is 22.2 Å². The van der Waals surface area contributed by atoms with Crippen molar-refractivity contribution in [2.75, 3.05) is 13.2 Å². The van der Waals surface area contributed by atoms with E-state index in [1.807, 2.05) is 13.0 Å². The fourth-order valence-corrected chi connectivity index (χ4v) is 6.72. The van der Waals surface area contributed by atoms with E-state index in [9.17, 15) is 30.0 Å². The molecule has 4 rings (SSSR count). The van der Waals surface area contributed by atoms with Gasteiger partial charge in [0.1, 0.15) is 30.2 Å². The Labute approximate surface area is 200 Å². The van der Waals surface area contributed by atoms with E-state index in [0.717, 1.165) is 18.4 Å². The highest BCUT2D eigenvalue weighted by molar-refractivity contribution is 5.99. The third kappa shape index (κ3) is 3.92. The van der Waals surface area contributed by atoms with Crippen LogP contribution in [0.2, 0.25) is 0 Å². The zero-order valence-corrected chi connectivity index (χ0v) is 20.3. The number of carbonyl (C=O) groups is 2. The number of allylic oxidation sites excluding steroid dienone is 3. The SMILES string of the molecule is C=C[C@@]1(C)CCC2=C(C1)C(=O)C[C@H]1[C@@](C)(CO[C@@H]3O[C@H](CO)[C@@H](O)[C@@H](O)[C@@H]3O)C(=O)CC[C@]21C. The molecule has 0 amide bonds. The molecule has 0 aromatic rings. The monoisotopic (exact) mass is 478 g/mol. The first-order chi connectivity index (χ1) is 15.9. The number of aliphatic hydroxyl groups is 4. The summed E-state index contributed by atoms with van der Waals surface area (Å²) in [6.07, 6.45) is -1.34. The zero-order valence-electron chi connectivity index (χ0n) is 20.3. The molecule has 9 atom stereocenters. The number of ether oxygens (including phenoxy) is 2. The number of hydrogen-bond donors (Lipinski definition) is 4. The molecular formula is C26H38O8. The van der Waals surface area contributed by atoms with Gasteiger partial charge in [0.05, 0.1) is 18.6 Å². The number of Topliss-reactive ketones (excluding diaryl/α,β-unsaturated/α-hetero) is 2. The van der Waals surface area contributed by atoms with Crippen LogP contribution in [0, 0.1) is 22.2 Å². The topological polar surface area (TPSA) is 134 Å². The molecule has 0 aromatic carbocycles. The molecule has 3 aliphatic carbocycles. The number of hydrogen-bond acceptors (Lipinski definition) is 8. The van der Waals surface area contributed by atoms with Crippen LogP contribution in [-0.2, 0) is 19.1 Å². The minimum atomic E-state index is -1.55. The Balaban J connectivity index is 1.60. The van der Waals surface area contributed by atoms with Gasteiger partial charge in [-0.1, -0.05) is 32.4 Å². The molecule has 0 radical (unpaired) electrons. The van der Waals surface area contributed by atoms with E-state index >= 15 is 0 Å². The minimum absolute atomic E-state index is 0.00292. The molecule has 0 spiro atoms. The molecule has 0 bridgehead atoms. The van der Waals surface area contributed by atoms with E-state index in [4.69, 9.17) is 9.47 Å². The van der Waals surface area contributed by atoms with Crippen LogP contribution in [0.1, 0.15) is 59.3 Å². The van der Waals surface area contributed by atoms with Crippen LogP contribution in [0.4, 0.5) is 0 Å². The van der Waals surface area contributed by atoms with Gasteiger partial charge in [-0.25, -0.2) is 0 Å². The summed E-state index contributed by atoms with van der Waals surface area (Å²) in [6, 6.07) is 0. The summed E-state index contributed by atoms with van der Waals surface area (Å²) < 4.78 is 11.3. The Bertz CT molecular complexity index is 895. The molecule has 190 valence electrons. The lowest BCUT2D eigenvalue weighted by atomic mass is 9.47. The van der Waals surface area contributed by atoms with Crippen molar-refractivity contribution in [1.82, 2.24) is 0 Å². The van der Waals surface area contributed by atoms with Crippen molar-refractivity contribution in [3.8, 4) is 0 Å². The third-order valence-electron chi connectivity index (χ3n) is 9.24. The fraction of sp³-hybridized carbons (Fsp3) is 0.769. The van der Waals surface area contributed by atoms with Crippen molar-refractivity contribution in [2.45, 2.75) is 90.0 Å². The zero-order chi connectivity index (χ0) is 25.1. The van der Waals surface area contributed by atoms with E-state index in [2.05, 4.69) is 20.4 Å². The van der Waals surface area contributed by atoms with Crippen LogP contribution >= 0.6 is 0 Å². The van der Waals surface area contributed by atoms with E-state index in [1.165, 1.54) is 5.57 Å². The number of rotatable bonds is 5. The molecule has 4 aliphatic rings. The molecular weight excluding hydrogens is 440 g/mol. The molecule has 8 heteroatoms. The van der Waals surface area contributed by atoms with E-state index in [0.29, 0.717) is 19.3 Å². The summed E-state index contributed by atoms with van der Waals surface area (Å²) in [7, 11) is 0. The molecule has 0 aromatic heterocycles. The van der Waals surface area contributed by atoms with Crippen LogP contribution in [0.5, 0.6) is 0 Å². The lowest BCUT2D eigenvalue weighted by Gasteiger charge is -2.56. The van der Waals surface area contributed by atoms with E-state index in [-0.39, 0.29) is 41.3 Å². The highest BCUT2D eigenvalue weighted by atomic mass is 16.7. The van der Waals surface area contributed by atoms with Gasteiger partial charge in [0.2, 0.25) is 0 Å². The van der Waals surface area contributed by atoms with Crippen molar-refractivity contribution in [3.05, 3.63) is 23.8 Å². The summed E-state index contributed by atoms with van der Waals surface area (Å²) in [5, 5.41) is 39.9. The van der Waals surface area contributed by atoms with Crippen LogP contribution < -0.4 is 0 Å². The Hall–Kier alpha value is -1.42. The number of carbonyl (C=O) groups excluding carboxylic acids is 2. The third-order valence-corrected chi connectivity index (χ3v) is 9.24. The summed E-state index contributed by atoms with van der Waals surface area (Å²) in [5.41, 5.74) is 0.669. The Morgan fingerprint density at radius 3 is 2.44 bits per heavy atom. The quantitative estimate of drug-likeness (QED) is 0.436. The summed E-state index contributed by atoms with van der Waals surface area (Å²) >= 11 is 0. The van der Waals surface area contributed by atoms with Crippen LogP contribution in [0.25, 0.3) is 0 Å². The number of fused-ring (bicyclic) bond motifs is 2. The van der Waals surface area contributed by atoms with Crippen molar-refractivity contribution < 1.29 is 39.5 Å². The highest BCUT2D eigenvalue weighted by Crippen LogP contribution is 2.61. The second-order valence-electron chi connectivity index (χ2n) is 11.4. The number of aliphatic hydroxyl groups excluding tert-OH is 4. The van der Waals surface area contributed by atoms with Crippen LogP contribution in [-0.4, -0.2) is 75.9 Å². The smallest absolute Gasteiger partial charge is 0.186 e. The van der Waals surface area contributed by atoms with Gasteiger partial charge in [0.25, 0.3) is 0 Å². The molecule has 1 saturated carbocycles. The average Bonchev–Trinajstić information content (AvgIpc) is 2.82. The molecule has 2 fully saturated rings. The molecule has 1 saturated heterocycles. The Morgan fingerprint density at radius 1 is 1.09 bits per heavy atom. The number of ketones is 2. The molecule has 1 aliphatic heterocycles. The fourth-order valence-electron chi connectivity index (χ4n) is 6.72. The first-order valence-electron chi connectivity index (χ1n) is 12.2. The maximum absolute atomic E-state index is 13.3. The van der Waals surface area contributed by atoms with Crippen molar-refractivity contribution >= 4 is 11.6 Å². The van der Waals surface area contributed by atoms with Gasteiger partial charge in [-0.05, 0) is 48.0 Å². The average molecular weight is 479 g/mol. The Morgan fingerprint density at radius 2 is 1.79 bits per heavy atom. The van der Waals surface area contributed by atoms with Gasteiger partial charge >= 0.3 is 0 Å². The van der Waals surface area contributed by atoms with E-state index < -0.39 is 42.7 Å². The minimum Gasteiger partial charge on any atom is -0.394 e. The van der Waals surface area contributed by atoms with Crippen LogP contribution in [0.15, 0.2) is 23.8 Å². The standard InChI is InChI=1S/C26H38O8/c1-5-24(2)8-6-15-14(11-24)16(28)10-18-25(15,3)9-7-19(29)26(18,4)13-33-23-22(32)21(31)20(30)17(12-27)34-23/h5,17-18,20-23,27,30-32H,1,6-13H2,2-4H3/t17-,18-,20-,21-,22+,23-,24+,25-,26-/m1/s1. The van der Waals surface area contributed by atoms with Gasteiger partial charge in [0.15, 0.2) is 12.1 Å². The lowest BCUT2D eigenvalue weighted by molar-refractivity contribution is -0.307. The van der Waals surface area contributed by atoms with Crippen molar-refractivity contribution in [3.63, 3.8) is 0 Å². The normalized spacial score (nSPS) is 47.3. The Kier molecular flexibility index (Phi) is 6.72. The summed E-state index contributed by atoms with van der Waals surface area (Å²) in [4.78, 5) is 26.6. The van der Waals surface area contributed by atoms with Gasteiger partial charge in [-0.2, -0.15) is 0 Å². The van der Waals surface area contributed by atoms with Gasteiger partial charge < -0.3 is 29.9 Å². The van der Waals surface area contributed by atoms with Gasteiger partial charge in [-0.15, -0.1) is 6.58 Å². The maximum atomic E-state index is 13.3. The summed E-state index contributed by atoms with van der Waals surface area (Å²) in [5.74, 6) is -0.173. The maximum Gasteiger partial charge on any atom is 0.186 e. The molecule has 0 unspecified atom stereocenters. The summed E-state index contributed by atoms with van der Waals surface area (Å²) in [6.45, 7) is 9.42. The highest BCUT2D eigenvalue weighted by Gasteiger charge is 2.59. The molecule has 8 nitrogen and oxygen atoms in total. The first-order valence-corrected chi connectivity index (χ1v) is 12.2. The lowest BCUT2D eigenvalue weighted by Crippen LogP contribution is -2.60. The molecule has 34 heavy (non-hydrogen) atoms. The van der Waals surface area contributed by atoms with Crippen molar-refractivity contribution in [1.29, 1.82) is 0 Å². The van der Waals surface area contributed by atoms with E-state index in [1.54, 1.807) is 0 Å². The molecule has 1 heterocycles. The molecule has 4 N–H and O–H groups in total. The van der Waals surface area contributed by atoms with Gasteiger partial charge in [0, 0.05) is 12.8 Å². The largest absolute Gasteiger partial charge is 0.394 e. The predicted octanol–water partition coefficient (Wildman–Crippen LogP) is 1.44. The first kappa shape index (κ1) is 25.7. The predicted molar refractivity (Wildman–Crippen MR) is 122 cm³/mol. The second-order valence-corrected chi connectivity index (χ2v) is 11.4. The van der Waals surface area contributed by atoms with Crippen LogP contribution in [0.3, 0.4) is 0 Å².